The van der Waals surface area contributed by atoms with Crippen molar-refractivity contribution in [1.29, 1.82) is 0 Å². The van der Waals surface area contributed by atoms with Crippen molar-refractivity contribution in [2.45, 2.75) is 37.2 Å². The van der Waals surface area contributed by atoms with Gasteiger partial charge in [-0.25, -0.2) is 4.98 Å². The molecule has 0 saturated carbocycles. The Balaban J connectivity index is 1.53. The number of nitrogens with zero attached hydrogens (tertiary/aromatic N) is 3. The van der Waals surface area contributed by atoms with Gasteiger partial charge in [0.2, 0.25) is 0 Å². The van der Waals surface area contributed by atoms with E-state index >= 15 is 0 Å². The maximum atomic E-state index is 13.3. The monoisotopic (exact) mass is 370 g/mol. The quantitative estimate of drug-likeness (QED) is 0.840. The first-order valence-electron chi connectivity index (χ1n) is 9.31. The van der Waals surface area contributed by atoms with Gasteiger partial charge in [-0.1, -0.05) is 12.1 Å². The molecule has 1 aromatic heterocycles. The van der Waals surface area contributed by atoms with Crippen LogP contribution in [-0.4, -0.2) is 57.6 Å². The number of fused-ring (bicyclic) bond motifs is 4. The van der Waals surface area contributed by atoms with E-state index in [9.17, 15) is 4.79 Å². The number of aromatic nitrogens is 2. The average molecular weight is 371 g/mol. The molecule has 3 saturated heterocycles. The Hall–Kier alpha value is -1.79. The minimum Gasteiger partial charge on any atom is -0.348 e. The number of H-pyrrole nitrogens is 1. The second-order valence-electron chi connectivity index (χ2n) is 7.42. The molecule has 2 aromatic rings. The molecule has 138 valence electrons. The van der Waals surface area contributed by atoms with Crippen LogP contribution in [0.3, 0.4) is 0 Å². The van der Waals surface area contributed by atoms with E-state index in [0.717, 1.165) is 54.4 Å². The van der Waals surface area contributed by atoms with Gasteiger partial charge in [-0.15, -0.1) is 11.8 Å². The Morgan fingerprint density at radius 3 is 2.88 bits per heavy atom. The molecule has 26 heavy (non-hydrogen) atoms. The molecule has 0 radical (unpaired) electrons. The van der Waals surface area contributed by atoms with Gasteiger partial charge in [-0.3, -0.25) is 9.69 Å². The Morgan fingerprint density at radius 2 is 2.12 bits per heavy atom. The van der Waals surface area contributed by atoms with Crippen molar-refractivity contribution in [2.24, 2.45) is 5.92 Å². The van der Waals surface area contributed by atoms with E-state index < -0.39 is 0 Å². The highest BCUT2D eigenvalue weighted by molar-refractivity contribution is 7.98. The zero-order valence-electron chi connectivity index (χ0n) is 15.4. The fourth-order valence-electron chi connectivity index (χ4n) is 4.29. The molecule has 2 bridgehead atoms. The molecule has 5 nitrogen and oxygen atoms in total. The fraction of sp³-hybridized carbons (Fsp3) is 0.500. The lowest BCUT2D eigenvalue weighted by atomic mass is 9.94. The molecule has 3 aliphatic heterocycles. The van der Waals surface area contributed by atoms with E-state index in [0.29, 0.717) is 12.0 Å². The number of amides is 1. The van der Waals surface area contributed by atoms with Crippen molar-refractivity contribution in [3.05, 3.63) is 47.5 Å². The molecule has 5 rings (SSSR count). The number of nitrogens with one attached hydrogen (secondary N) is 1. The lowest BCUT2D eigenvalue weighted by molar-refractivity contribution is 0.0581. The summed E-state index contributed by atoms with van der Waals surface area (Å²) in [6.07, 6.45) is 6.13. The summed E-state index contributed by atoms with van der Waals surface area (Å²) in [6, 6.07) is 8.29. The Bertz CT molecular complexity index is 790. The maximum absolute atomic E-state index is 13.3. The second-order valence-corrected chi connectivity index (χ2v) is 8.27. The molecular formula is C20H26N4OS. The van der Waals surface area contributed by atoms with Crippen LogP contribution < -0.4 is 0 Å². The smallest absolute Gasteiger partial charge is 0.255 e. The number of aromatic amines is 1. The molecule has 3 aliphatic rings. The molecular weight excluding hydrogens is 344 g/mol. The number of carbonyl (C=O) groups is 1. The number of hydrogen-bond acceptors (Lipinski definition) is 4. The largest absolute Gasteiger partial charge is 0.348 e. The summed E-state index contributed by atoms with van der Waals surface area (Å²) in [6.45, 7) is 5.81. The number of thioether (sulfide) groups is 1. The van der Waals surface area contributed by atoms with Crippen LogP contribution in [0.25, 0.3) is 0 Å². The summed E-state index contributed by atoms with van der Waals surface area (Å²) in [4.78, 5) is 26.6. The normalized spacial score (nSPS) is 23.2. The molecule has 1 amide bonds. The Kier molecular flexibility index (Phi) is 5.05. The van der Waals surface area contributed by atoms with Crippen LogP contribution in [0.2, 0.25) is 0 Å². The molecule has 6 heteroatoms. The van der Waals surface area contributed by atoms with Crippen molar-refractivity contribution in [3.63, 3.8) is 0 Å². The Morgan fingerprint density at radius 1 is 1.27 bits per heavy atom. The first-order valence-corrected chi connectivity index (χ1v) is 10.5. The van der Waals surface area contributed by atoms with Crippen molar-refractivity contribution in [3.8, 4) is 0 Å². The van der Waals surface area contributed by atoms with Gasteiger partial charge in [-0.2, -0.15) is 0 Å². The number of carbonyl (C=O) groups excluding carboxylic acids is 1. The third-order valence-electron chi connectivity index (χ3n) is 5.70. The zero-order chi connectivity index (χ0) is 18.1. The van der Waals surface area contributed by atoms with Crippen LogP contribution in [0.4, 0.5) is 0 Å². The minimum absolute atomic E-state index is 0.197. The number of imidazole rings is 1. The van der Waals surface area contributed by atoms with Crippen LogP contribution in [0.5, 0.6) is 0 Å². The van der Waals surface area contributed by atoms with Crippen molar-refractivity contribution in [1.82, 2.24) is 19.8 Å². The topological polar surface area (TPSA) is 52.2 Å². The van der Waals surface area contributed by atoms with Gasteiger partial charge in [-0.05, 0) is 44.1 Å². The third kappa shape index (κ3) is 3.40. The predicted molar refractivity (Wildman–Crippen MR) is 104 cm³/mol. The van der Waals surface area contributed by atoms with E-state index in [2.05, 4.69) is 26.7 Å². The number of hydrogen-bond donors (Lipinski definition) is 1. The maximum Gasteiger partial charge on any atom is 0.255 e. The van der Waals surface area contributed by atoms with Crippen LogP contribution >= 0.6 is 11.8 Å². The zero-order valence-corrected chi connectivity index (χ0v) is 16.3. The molecule has 3 fully saturated rings. The highest BCUT2D eigenvalue weighted by Gasteiger charge is 2.38. The summed E-state index contributed by atoms with van der Waals surface area (Å²) < 4.78 is 0. The molecule has 2 atom stereocenters. The van der Waals surface area contributed by atoms with E-state index in [1.807, 2.05) is 30.5 Å². The average Bonchev–Trinajstić information content (AvgIpc) is 2.88. The summed E-state index contributed by atoms with van der Waals surface area (Å²) in [5, 5.41) is 0. The van der Waals surface area contributed by atoms with Gasteiger partial charge in [0.15, 0.2) is 0 Å². The molecule has 1 aromatic carbocycles. The van der Waals surface area contributed by atoms with Gasteiger partial charge in [0.25, 0.3) is 5.91 Å². The highest BCUT2D eigenvalue weighted by Crippen LogP contribution is 2.31. The van der Waals surface area contributed by atoms with E-state index in [1.54, 1.807) is 18.1 Å². The number of aryl methyl sites for hydroxylation is 1. The lowest BCUT2D eigenvalue weighted by Crippen LogP contribution is -2.47. The molecule has 0 aliphatic carbocycles. The van der Waals surface area contributed by atoms with Gasteiger partial charge >= 0.3 is 0 Å². The SMILES string of the molecule is CSc1ccccc1C(=O)N1C[C@H]2CC[C@@H]1CN(Cc1nc[nH]c1C)C2. The van der Waals surface area contributed by atoms with Crippen LogP contribution in [0.15, 0.2) is 35.5 Å². The van der Waals surface area contributed by atoms with Crippen LogP contribution in [-0.2, 0) is 6.54 Å². The van der Waals surface area contributed by atoms with Gasteiger partial charge in [0.1, 0.15) is 0 Å². The van der Waals surface area contributed by atoms with Crippen molar-refractivity contribution < 1.29 is 4.79 Å². The Labute approximate surface area is 159 Å². The van der Waals surface area contributed by atoms with Gasteiger partial charge < -0.3 is 9.88 Å². The van der Waals surface area contributed by atoms with Crippen LogP contribution in [0.1, 0.15) is 34.6 Å². The van der Waals surface area contributed by atoms with E-state index in [1.165, 1.54) is 6.42 Å². The minimum atomic E-state index is 0.197. The fourth-order valence-corrected chi connectivity index (χ4v) is 4.88. The molecule has 4 heterocycles. The van der Waals surface area contributed by atoms with Crippen molar-refractivity contribution in [2.75, 3.05) is 25.9 Å². The molecule has 0 unspecified atom stereocenters. The third-order valence-corrected chi connectivity index (χ3v) is 6.49. The predicted octanol–water partition coefficient (Wildman–Crippen LogP) is 3.18. The number of piperidine rings is 1. The van der Waals surface area contributed by atoms with Gasteiger partial charge in [0, 0.05) is 42.8 Å². The first kappa shape index (κ1) is 17.6. The van der Waals surface area contributed by atoms with Gasteiger partial charge in [0.05, 0.1) is 17.6 Å². The number of rotatable bonds is 4. The number of benzene rings is 1. The standard InChI is InChI=1S/C20H26N4OS/c1-14-18(22-13-21-14)12-23-9-15-7-8-16(11-23)24(10-15)20(25)17-5-3-4-6-19(17)26-2/h3-6,13,15-16H,7-12H2,1-2H3,(H,21,22)/t15-,16+/m0/s1. The summed E-state index contributed by atoms with van der Waals surface area (Å²) >= 11 is 1.65. The summed E-state index contributed by atoms with van der Waals surface area (Å²) in [5.41, 5.74) is 3.11. The van der Waals surface area contributed by atoms with E-state index in [4.69, 9.17) is 0 Å². The molecule has 1 N–H and O–H groups in total. The molecule has 0 spiro atoms. The second kappa shape index (κ2) is 7.45. The highest BCUT2D eigenvalue weighted by atomic mass is 32.2. The summed E-state index contributed by atoms with van der Waals surface area (Å²) in [7, 11) is 0. The summed E-state index contributed by atoms with van der Waals surface area (Å²) in [5.74, 6) is 0.751. The first-order chi connectivity index (χ1) is 12.7. The van der Waals surface area contributed by atoms with Crippen LogP contribution in [0, 0.1) is 12.8 Å². The van der Waals surface area contributed by atoms with E-state index in [-0.39, 0.29) is 5.91 Å². The van der Waals surface area contributed by atoms with Crippen molar-refractivity contribution >= 4 is 17.7 Å². The lowest BCUT2D eigenvalue weighted by Gasteiger charge is -2.36.